The van der Waals surface area contributed by atoms with Crippen molar-refractivity contribution in [2.24, 2.45) is 5.92 Å². The maximum Gasteiger partial charge on any atom is 0.243 e. The molecule has 2 aromatic carbocycles. The third kappa shape index (κ3) is 6.56. The molecule has 1 amide bonds. The van der Waals surface area contributed by atoms with Gasteiger partial charge in [0.05, 0.1) is 16.9 Å². The summed E-state index contributed by atoms with van der Waals surface area (Å²) >= 11 is 0. The lowest BCUT2D eigenvalue weighted by molar-refractivity contribution is -0.126. The summed E-state index contributed by atoms with van der Waals surface area (Å²) in [6.45, 7) is 7.18. The SMILES string of the molecule is Cc1ccc(S(=O)(=O)N2CCC[C@@H](C(=O)NCCCc3cccc(OC(C)C)c3)C2)cc1. The second-order valence-electron chi connectivity index (χ2n) is 8.72. The van der Waals surface area contributed by atoms with E-state index in [1.807, 2.05) is 39.0 Å². The number of hydrogen-bond acceptors (Lipinski definition) is 4. The third-order valence-electron chi connectivity index (χ3n) is 5.63. The lowest BCUT2D eigenvalue weighted by Crippen LogP contribution is -2.45. The summed E-state index contributed by atoms with van der Waals surface area (Å²) < 4.78 is 33.1. The molecule has 0 saturated carbocycles. The van der Waals surface area contributed by atoms with Gasteiger partial charge in [-0.05, 0) is 76.3 Å². The van der Waals surface area contributed by atoms with Crippen molar-refractivity contribution in [2.45, 2.75) is 57.5 Å². The smallest absolute Gasteiger partial charge is 0.243 e. The Hall–Kier alpha value is -2.38. The maximum atomic E-state index is 13.0. The average Bonchev–Trinajstić information content (AvgIpc) is 2.77. The van der Waals surface area contributed by atoms with E-state index in [0.29, 0.717) is 25.9 Å². The highest BCUT2D eigenvalue weighted by Crippen LogP contribution is 2.24. The van der Waals surface area contributed by atoms with Crippen LogP contribution in [0, 0.1) is 12.8 Å². The van der Waals surface area contributed by atoms with Crippen LogP contribution in [0.1, 0.15) is 44.2 Å². The topological polar surface area (TPSA) is 75.7 Å². The van der Waals surface area contributed by atoms with Crippen LogP contribution in [-0.2, 0) is 21.2 Å². The minimum Gasteiger partial charge on any atom is -0.491 e. The summed E-state index contributed by atoms with van der Waals surface area (Å²) in [6, 6.07) is 14.9. The van der Waals surface area contributed by atoms with E-state index in [2.05, 4.69) is 11.4 Å². The minimum absolute atomic E-state index is 0.0642. The highest BCUT2D eigenvalue weighted by Gasteiger charge is 2.33. The predicted molar refractivity (Wildman–Crippen MR) is 126 cm³/mol. The molecule has 6 nitrogen and oxygen atoms in total. The molecule has 1 N–H and O–H groups in total. The molecule has 0 unspecified atom stereocenters. The molecule has 0 aliphatic carbocycles. The van der Waals surface area contributed by atoms with Gasteiger partial charge in [0, 0.05) is 19.6 Å². The van der Waals surface area contributed by atoms with E-state index >= 15 is 0 Å². The number of rotatable bonds is 9. The van der Waals surface area contributed by atoms with Crippen molar-refractivity contribution in [3.63, 3.8) is 0 Å². The van der Waals surface area contributed by atoms with Crippen molar-refractivity contribution in [3.05, 3.63) is 59.7 Å². The third-order valence-corrected chi connectivity index (χ3v) is 7.50. The van der Waals surface area contributed by atoms with Gasteiger partial charge in [0.1, 0.15) is 5.75 Å². The molecule has 0 radical (unpaired) electrons. The number of sulfonamides is 1. The van der Waals surface area contributed by atoms with Crippen LogP contribution in [0.4, 0.5) is 0 Å². The van der Waals surface area contributed by atoms with E-state index in [-0.39, 0.29) is 29.4 Å². The number of piperidine rings is 1. The van der Waals surface area contributed by atoms with Crippen LogP contribution < -0.4 is 10.1 Å². The second kappa shape index (κ2) is 11.0. The monoisotopic (exact) mass is 458 g/mol. The lowest BCUT2D eigenvalue weighted by atomic mass is 9.99. The molecule has 3 rings (SSSR count). The van der Waals surface area contributed by atoms with Crippen molar-refractivity contribution >= 4 is 15.9 Å². The molecule has 1 saturated heterocycles. The van der Waals surface area contributed by atoms with Gasteiger partial charge in [0.25, 0.3) is 0 Å². The van der Waals surface area contributed by atoms with E-state index < -0.39 is 10.0 Å². The number of aryl methyl sites for hydroxylation is 2. The van der Waals surface area contributed by atoms with Crippen LogP contribution in [0.15, 0.2) is 53.4 Å². The molecule has 7 heteroatoms. The first-order valence-electron chi connectivity index (χ1n) is 11.4. The number of ether oxygens (including phenoxy) is 1. The summed E-state index contributed by atoms with van der Waals surface area (Å²) in [6.07, 6.45) is 3.18. The zero-order valence-corrected chi connectivity index (χ0v) is 20.0. The summed E-state index contributed by atoms with van der Waals surface area (Å²) in [5, 5.41) is 3.00. The van der Waals surface area contributed by atoms with Crippen LogP contribution in [0.3, 0.4) is 0 Å². The Morgan fingerprint density at radius 3 is 2.66 bits per heavy atom. The highest BCUT2D eigenvalue weighted by molar-refractivity contribution is 7.89. The fourth-order valence-corrected chi connectivity index (χ4v) is 5.45. The Morgan fingerprint density at radius 2 is 1.94 bits per heavy atom. The van der Waals surface area contributed by atoms with Gasteiger partial charge < -0.3 is 10.1 Å². The van der Waals surface area contributed by atoms with Gasteiger partial charge in [-0.3, -0.25) is 4.79 Å². The van der Waals surface area contributed by atoms with Gasteiger partial charge in [0.15, 0.2) is 0 Å². The van der Waals surface area contributed by atoms with Gasteiger partial charge in [-0.15, -0.1) is 0 Å². The fourth-order valence-electron chi connectivity index (χ4n) is 3.93. The number of nitrogens with one attached hydrogen (secondary N) is 1. The number of benzene rings is 2. The molecule has 1 aliphatic rings. The zero-order valence-electron chi connectivity index (χ0n) is 19.2. The van der Waals surface area contributed by atoms with Crippen LogP contribution in [0.2, 0.25) is 0 Å². The molecule has 0 spiro atoms. The first-order chi connectivity index (χ1) is 15.3. The minimum atomic E-state index is -3.58. The van der Waals surface area contributed by atoms with Crippen molar-refractivity contribution in [2.75, 3.05) is 19.6 Å². The van der Waals surface area contributed by atoms with Crippen LogP contribution >= 0.6 is 0 Å². The number of hydrogen-bond donors (Lipinski definition) is 1. The first kappa shape index (κ1) is 24.3. The second-order valence-corrected chi connectivity index (χ2v) is 10.7. The van der Waals surface area contributed by atoms with Crippen molar-refractivity contribution < 1.29 is 17.9 Å². The number of amides is 1. The Balaban J connectivity index is 1.49. The summed E-state index contributed by atoms with van der Waals surface area (Å²) in [7, 11) is -3.58. The molecular weight excluding hydrogens is 424 g/mol. The molecule has 1 fully saturated rings. The average molecular weight is 459 g/mol. The van der Waals surface area contributed by atoms with Crippen LogP contribution in [0.5, 0.6) is 5.75 Å². The van der Waals surface area contributed by atoms with Crippen LogP contribution in [-0.4, -0.2) is 44.4 Å². The van der Waals surface area contributed by atoms with E-state index in [9.17, 15) is 13.2 Å². The Morgan fingerprint density at radius 1 is 1.19 bits per heavy atom. The fraction of sp³-hybridized carbons (Fsp3) is 0.480. The number of carbonyl (C=O) groups is 1. The molecule has 0 bridgehead atoms. The molecule has 0 aromatic heterocycles. The Kier molecular flexibility index (Phi) is 8.32. The molecule has 32 heavy (non-hydrogen) atoms. The highest BCUT2D eigenvalue weighted by atomic mass is 32.2. The van der Waals surface area contributed by atoms with Gasteiger partial charge in [-0.2, -0.15) is 4.31 Å². The normalized spacial score (nSPS) is 17.3. The van der Waals surface area contributed by atoms with E-state index in [4.69, 9.17) is 4.74 Å². The standard InChI is InChI=1S/C25H34N2O4S/c1-19(2)31-23-10-4-7-21(17-23)8-5-15-26-25(28)22-9-6-16-27(18-22)32(29,30)24-13-11-20(3)12-14-24/h4,7,10-14,17,19,22H,5-6,8-9,15-16,18H2,1-3H3,(H,26,28)/t22-/m1/s1. The van der Waals surface area contributed by atoms with Gasteiger partial charge in [0.2, 0.25) is 15.9 Å². The van der Waals surface area contributed by atoms with E-state index in [0.717, 1.165) is 24.2 Å². The Bertz CT molecular complexity index is 1000. The van der Waals surface area contributed by atoms with E-state index in [1.54, 1.807) is 24.3 Å². The molecule has 174 valence electrons. The largest absolute Gasteiger partial charge is 0.491 e. The quantitative estimate of drug-likeness (QED) is 0.578. The molecule has 2 aromatic rings. The zero-order chi connectivity index (χ0) is 23.1. The molecule has 1 atom stereocenters. The summed E-state index contributed by atoms with van der Waals surface area (Å²) in [4.78, 5) is 13.0. The van der Waals surface area contributed by atoms with Crippen LogP contribution in [0.25, 0.3) is 0 Å². The molecule has 1 aliphatic heterocycles. The molecular formula is C25H34N2O4S. The number of nitrogens with zero attached hydrogens (tertiary/aromatic N) is 1. The van der Waals surface area contributed by atoms with Gasteiger partial charge in [-0.25, -0.2) is 8.42 Å². The van der Waals surface area contributed by atoms with Crippen molar-refractivity contribution in [1.29, 1.82) is 0 Å². The maximum absolute atomic E-state index is 13.0. The predicted octanol–water partition coefficient (Wildman–Crippen LogP) is 3.93. The van der Waals surface area contributed by atoms with Crippen molar-refractivity contribution in [1.82, 2.24) is 9.62 Å². The summed E-state index contributed by atoms with van der Waals surface area (Å²) in [5.41, 5.74) is 2.18. The van der Waals surface area contributed by atoms with Gasteiger partial charge in [-0.1, -0.05) is 29.8 Å². The lowest BCUT2D eigenvalue weighted by Gasteiger charge is -2.31. The van der Waals surface area contributed by atoms with Gasteiger partial charge >= 0.3 is 0 Å². The number of carbonyl (C=O) groups excluding carboxylic acids is 1. The van der Waals surface area contributed by atoms with Crippen molar-refractivity contribution in [3.8, 4) is 5.75 Å². The summed E-state index contributed by atoms with van der Waals surface area (Å²) in [5.74, 6) is 0.482. The van der Waals surface area contributed by atoms with E-state index in [1.165, 1.54) is 9.87 Å². The Labute approximate surface area is 192 Å². The molecule has 1 heterocycles. The first-order valence-corrected chi connectivity index (χ1v) is 12.8.